The normalized spacial score (nSPS) is 25.4. The van der Waals surface area contributed by atoms with Crippen molar-refractivity contribution in [2.24, 2.45) is 0 Å². The van der Waals surface area contributed by atoms with Gasteiger partial charge in [-0.25, -0.2) is 0 Å². The number of ether oxygens (including phenoxy) is 3. The van der Waals surface area contributed by atoms with Gasteiger partial charge in [-0.1, -0.05) is 15.9 Å². The van der Waals surface area contributed by atoms with Crippen molar-refractivity contribution in [2.45, 2.75) is 45.0 Å². The molecule has 16 heavy (non-hydrogen) atoms. The fraction of sp³-hybridized carbons (Fsp3) is 0.909. The van der Waals surface area contributed by atoms with Crippen LogP contribution in [0.2, 0.25) is 0 Å². The lowest BCUT2D eigenvalue weighted by molar-refractivity contribution is -0.205. The minimum atomic E-state index is -0.258. The molecule has 0 unspecified atom stereocenters. The Labute approximate surface area is 105 Å². The second-order valence-corrected chi connectivity index (χ2v) is 4.63. The molecule has 4 nitrogen and oxygen atoms in total. The van der Waals surface area contributed by atoms with Crippen molar-refractivity contribution in [3.8, 4) is 0 Å². The first-order valence-corrected chi connectivity index (χ1v) is 6.81. The summed E-state index contributed by atoms with van der Waals surface area (Å²) in [6.07, 6.45) is 3.77. The molecule has 0 amide bonds. The Morgan fingerprint density at radius 2 is 2.31 bits per heavy atom. The minimum absolute atomic E-state index is 0.00776. The predicted molar refractivity (Wildman–Crippen MR) is 63.5 cm³/mol. The molecule has 1 fully saturated rings. The Kier molecular flexibility index (Phi) is 7.00. The lowest BCUT2D eigenvalue weighted by atomic mass is 10.1. The van der Waals surface area contributed by atoms with E-state index in [-0.39, 0.29) is 18.4 Å². The Balaban J connectivity index is 2.16. The standard InChI is InChI=1S/C11H19BrO4/c1-9(13)15-8-10-4-2-5-11(16-10)14-7-3-6-12/h10-11H,2-8H2,1H3/t10-,11+/m1/s1. The summed E-state index contributed by atoms with van der Waals surface area (Å²) >= 11 is 3.35. The van der Waals surface area contributed by atoms with Crippen molar-refractivity contribution < 1.29 is 19.0 Å². The number of halogens is 1. The van der Waals surface area contributed by atoms with Crippen LogP contribution in [0.15, 0.2) is 0 Å². The highest BCUT2D eigenvalue weighted by Gasteiger charge is 2.23. The summed E-state index contributed by atoms with van der Waals surface area (Å²) in [6, 6.07) is 0. The zero-order chi connectivity index (χ0) is 11.8. The summed E-state index contributed by atoms with van der Waals surface area (Å²) in [5, 5.41) is 0.941. The third-order valence-corrected chi connectivity index (χ3v) is 2.93. The molecular weight excluding hydrogens is 276 g/mol. The Morgan fingerprint density at radius 3 is 3.00 bits per heavy atom. The van der Waals surface area contributed by atoms with Crippen molar-refractivity contribution in [3.05, 3.63) is 0 Å². The van der Waals surface area contributed by atoms with Gasteiger partial charge in [0, 0.05) is 12.3 Å². The molecule has 1 saturated heterocycles. The van der Waals surface area contributed by atoms with Crippen molar-refractivity contribution in [1.82, 2.24) is 0 Å². The summed E-state index contributed by atoms with van der Waals surface area (Å²) in [5.74, 6) is -0.258. The van der Waals surface area contributed by atoms with Gasteiger partial charge in [0.15, 0.2) is 6.29 Å². The lowest BCUT2D eigenvalue weighted by Crippen LogP contribution is -2.33. The van der Waals surface area contributed by atoms with Crippen LogP contribution in [0.25, 0.3) is 0 Å². The molecule has 0 aromatic carbocycles. The number of rotatable bonds is 6. The molecule has 0 aromatic heterocycles. The first kappa shape index (κ1) is 13.9. The van der Waals surface area contributed by atoms with E-state index in [4.69, 9.17) is 14.2 Å². The van der Waals surface area contributed by atoms with Gasteiger partial charge in [0.05, 0.1) is 12.7 Å². The topological polar surface area (TPSA) is 44.8 Å². The molecule has 1 aliphatic heterocycles. The van der Waals surface area contributed by atoms with Crippen LogP contribution in [0.1, 0.15) is 32.6 Å². The van der Waals surface area contributed by atoms with Gasteiger partial charge >= 0.3 is 5.97 Å². The number of hydrogen-bond acceptors (Lipinski definition) is 4. The molecule has 0 N–H and O–H groups in total. The van der Waals surface area contributed by atoms with Gasteiger partial charge in [-0.2, -0.15) is 0 Å². The third-order valence-electron chi connectivity index (χ3n) is 2.36. The number of esters is 1. The average Bonchev–Trinajstić information content (AvgIpc) is 2.27. The Bertz CT molecular complexity index is 210. The first-order chi connectivity index (χ1) is 7.72. The second-order valence-electron chi connectivity index (χ2n) is 3.83. The monoisotopic (exact) mass is 294 g/mol. The van der Waals surface area contributed by atoms with Crippen LogP contribution in [-0.2, 0) is 19.0 Å². The maximum Gasteiger partial charge on any atom is 0.302 e. The summed E-state index contributed by atoms with van der Waals surface area (Å²) in [4.78, 5) is 10.7. The van der Waals surface area contributed by atoms with E-state index >= 15 is 0 Å². The number of carbonyl (C=O) groups excluding carboxylic acids is 1. The Hall–Kier alpha value is -0.130. The molecule has 1 heterocycles. The molecule has 0 bridgehead atoms. The van der Waals surface area contributed by atoms with Crippen molar-refractivity contribution in [3.63, 3.8) is 0 Å². The molecule has 1 rings (SSSR count). The summed E-state index contributed by atoms with van der Waals surface area (Å²) in [6.45, 7) is 2.46. The van der Waals surface area contributed by atoms with Crippen molar-refractivity contribution in [1.29, 1.82) is 0 Å². The second kappa shape index (κ2) is 8.03. The lowest BCUT2D eigenvalue weighted by Gasteiger charge is -2.29. The molecule has 0 spiro atoms. The SMILES string of the molecule is CC(=O)OC[C@H]1CCC[C@@H](OCCCBr)O1. The van der Waals surface area contributed by atoms with Crippen molar-refractivity contribution >= 4 is 21.9 Å². The number of carbonyl (C=O) groups is 1. The summed E-state index contributed by atoms with van der Waals surface area (Å²) in [5.41, 5.74) is 0. The van der Waals surface area contributed by atoms with E-state index in [1.165, 1.54) is 6.92 Å². The molecule has 2 atom stereocenters. The summed E-state index contributed by atoms with van der Waals surface area (Å²) in [7, 11) is 0. The zero-order valence-corrected chi connectivity index (χ0v) is 11.2. The highest BCUT2D eigenvalue weighted by Crippen LogP contribution is 2.20. The van der Waals surface area contributed by atoms with Crippen LogP contribution in [-0.4, -0.2) is 36.9 Å². The molecule has 0 radical (unpaired) electrons. The maximum absolute atomic E-state index is 10.7. The van der Waals surface area contributed by atoms with Crippen molar-refractivity contribution in [2.75, 3.05) is 18.5 Å². The van der Waals surface area contributed by atoms with Crippen LogP contribution in [0.4, 0.5) is 0 Å². The van der Waals surface area contributed by atoms with Crippen LogP contribution < -0.4 is 0 Å². The van der Waals surface area contributed by atoms with Gasteiger partial charge in [-0.3, -0.25) is 4.79 Å². The zero-order valence-electron chi connectivity index (χ0n) is 9.62. The van der Waals surface area contributed by atoms with Crippen LogP contribution >= 0.6 is 15.9 Å². The molecule has 0 aliphatic carbocycles. The quantitative estimate of drug-likeness (QED) is 0.428. The van der Waals surface area contributed by atoms with Gasteiger partial charge in [0.2, 0.25) is 0 Å². The average molecular weight is 295 g/mol. The van der Waals surface area contributed by atoms with E-state index in [0.717, 1.165) is 31.0 Å². The van der Waals surface area contributed by atoms with E-state index in [9.17, 15) is 4.79 Å². The van der Waals surface area contributed by atoms with Crippen LogP contribution in [0.5, 0.6) is 0 Å². The van der Waals surface area contributed by atoms with E-state index in [1.54, 1.807) is 0 Å². The molecule has 0 saturated carbocycles. The maximum atomic E-state index is 10.7. The van der Waals surface area contributed by atoms with E-state index in [2.05, 4.69) is 15.9 Å². The van der Waals surface area contributed by atoms with Crippen LogP contribution in [0.3, 0.4) is 0 Å². The molecule has 0 aromatic rings. The first-order valence-electron chi connectivity index (χ1n) is 5.68. The largest absolute Gasteiger partial charge is 0.463 e. The smallest absolute Gasteiger partial charge is 0.302 e. The van der Waals surface area contributed by atoms with Gasteiger partial charge in [-0.05, 0) is 25.7 Å². The molecule has 1 aliphatic rings. The molecule has 5 heteroatoms. The fourth-order valence-electron chi connectivity index (χ4n) is 1.59. The number of alkyl halides is 1. The predicted octanol–water partition coefficient (Wildman–Crippen LogP) is 2.25. The van der Waals surface area contributed by atoms with Gasteiger partial charge in [0.25, 0.3) is 0 Å². The minimum Gasteiger partial charge on any atom is -0.463 e. The van der Waals surface area contributed by atoms with E-state index in [1.807, 2.05) is 0 Å². The van der Waals surface area contributed by atoms with E-state index < -0.39 is 0 Å². The highest BCUT2D eigenvalue weighted by atomic mass is 79.9. The fourth-order valence-corrected chi connectivity index (χ4v) is 1.82. The van der Waals surface area contributed by atoms with E-state index in [0.29, 0.717) is 13.2 Å². The number of hydrogen-bond donors (Lipinski definition) is 0. The third kappa shape index (κ3) is 5.82. The van der Waals surface area contributed by atoms with Gasteiger partial charge < -0.3 is 14.2 Å². The highest BCUT2D eigenvalue weighted by molar-refractivity contribution is 9.09. The molecular formula is C11H19BrO4. The molecule has 94 valence electrons. The summed E-state index contributed by atoms with van der Waals surface area (Å²) < 4.78 is 16.2. The Morgan fingerprint density at radius 1 is 1.50 bits per heavy atom. The van der Waals surface area contributed by atoms with Gasteiger partial charge in [0.1, 0.15) is 6.61 Å². The van der Waals surface area contributed by atoms with Crippen LogP contribution in [0, 0.1) is 0 Å². The van der Waals surface area contributed by atoms with Gasteiger partial charge in [-0.15, -0.1) is 0 Å².